The Morgan fingerprint density at radius 1 is 1.16 bits per heavy atom. The van der Waals surface area contributed by atoms with Gasteiger partial charge >= 0.3 is 6.03 Å². The number of H-pyrrole nitrogens is 1. The number of ether oxygens (including phenoxy) is 1. The number of aromatic nitrogens is 3. The number of hydrogen-bond donors (Lipinski definition) is 2. The van der Waals surface area contributed by atoms with Crippen molar-refractivity contribution in [2.24, 2.45) is 5.92 Å². The predicted molar refractivity (Wildman–Crippen MR) is 139 cm³/mol. The van der Waals surface area contributed by atoms with Crippen LogP contribution in [-0.4, -0.2) is 86.8 Å². The summed E-state index contributed by atoms with van der Waals surface area (Å²) < 4.78 is 5.53. The fraction of sp³-hybridized carbons (Fsp3) is 0.630. The maximum absolute atomic E-state index is 13.9. The molecule has 2 atom stereocenters. The van der Waals surface area contributed by atoms with E-state index in [-0.39, 0.29) is 18.0 Å². The predicted octanol–water partition coefficient (Wildman–Crippen LogP) is 2.73. The number of fused-ring (bicyclic) bond motifs is 1. The van der Waals surface area contributed by atoms with Crippen molar-refractivity contribution in [1.29, 1.82) is 0 Å². The molecule has 0 unspecified atom stereocenters. The van der Waals surface area contributed by atoms with Crippen LogP contribution in [0.3, 0.4) is 0 Å². The lowest BCUT2D eigenvalue weighted by Gasteiger charge is -2.47. The molecule has 0 bridgehead atoms. The van der Waals surface area contributed by atoms with Gasteiger partial charge in [0.05, 0.1) is 30.0 Å². The highest BCUT2D eigenvalue weighted by Gasteiger charge is 2.47. The lowest BCUT2D eigenvalue weighted by Crippen LogP contribution is -2.62. The molecule has 5 rings (SSSR count). The molecule has 10 nitrogen and oxygen atoms in total. The molecule has 0 radical (unpaired) electrons. The molecule has 2 saturated heterocycles. The highest BCUT2D eigenvalue weighted by molar-refractivity contribution is 5.92. The number of carbonyl (C=O) groups is 2. The molecule has 3 aliphatic heterocycles. The first-order valence-corrected chi connectivity index (χ1v) is 13.4. The van der Waals surface area contributed by atoms with Crippen LogP contribution in [-0.2, 0) is 23.4 Å². The van der Waals surface area contributed by atoms with Crippen molar-refractivity contribution in [2.75, 3.05) is 32.8 Å². The van der Waals surface area contributed by atoms with Gasteiger partial charge < -0.3 is 19.9 Å². The van der Waals surface area contributed by atoms with Crippen molar-refractivity contribution in [3.63, 3.8) is 0 Å². The number of piperazine rings is 1. The van der Waals surface area contributed by atoms with E-state index in [1.54, 1.807) is 24.4 Å². The van der Waals surface area contributed by atoms with Crippen LogP contribution < -0.4 is 5.32 Å². The molecule has 3 aliphatic rings. The van der Waals surface area contributed by atoms with Gasteiger partial charge in [-0.1, -0.05) is 6.07 Å². The van der Waals surface area contributed by atoms with Crippen molar-refractivity contribution in [1.82, 2.24) is 35.2 Å². The quantitative estimate of drug-likeness (QED) is 0.642. The lowest BCUT2D eigenvalue weighted by atomic mass is 9.97. The molecule has 2 aromatic rings. The van der Waals surface area contributed by atoms with Gasteiger partial charge in [-0.25, -0.2) is 4.79 Å². The van der Waals surface area contributed by atoms with Crippen LogP contribution >= 0.6 is 0 Å². The summed E-state index contributed by atoms with van der Waals surface area (Å²) in [5.74, 6) is 0.437. The van der Waals surface area contributed by atoms with E-state index in [0.717, 1.165) is 56.1 Å². The summed E-state index contributed by atoms with van der Waals surface area (Å²) in [6.07, 6.45) is 3.84. The van der Waals surface area contributed by atoms with E-state index in [4.69, 9.17) is 4.74 Å². The van der Waals surface area contributed by atoms with Crippen molar-refractivity contribution >= 4 is 11.9 Å². The van der Waals surface area contributed by atoms with Crippen LogP contribution in [0.5, 0.6) is 0 Å². The number of nitrogens with zero attached hydrogens (tertiary/aromatic N) is 5. The van der Waals surface area contributed by atoms with Crippen LogP contribution in [0.15, 0.2) is 24.4 Å². The average molecular weight is 510 g/mol. The molecule has 0 saturated carbocycles. The summed E-state index contributed by atoms with van der Waals surface area (Å²) in [5, 5.41) is 10.6. The number of urea groups is 1. The Morgan fingerprint density at radius 3 is 2.68 bits per heavy atom. The molecule has 200 valence electrons. The van der Waals surface area contributed by atoms with Gasteiger partial charge in [-0.05, 0) is 58.6 Å². The Bertz CT molecular complexity index is 1110. The first-order chi connectivity index (χ1) is 17.8. The SMILES string of the molecule is C[C@@H]1CN(C(=O)N2Cc3c(n[nH]c3CNC(=O)c3ccccn3)C2(C)C)[C@@H](C)CN1CC1CCOCC1. The second kappa shape index (κ2) is 10.4. The van der Waals surface area contributed by atoms with Crippen LogP contribution in [0.25, 0.3) is 0 Å². The van der Waals surface area contributed by atoms with Crippen molar-refractivity contribution in [3.05, 3.63) is 47.0 Å². The van der Waals surface area contributed by atoms with Gasteiger partial charge in [-0.3, -0.25) is 19.8 Å². The molecule has 3 amide bonds. The molecule has 10 heteroatoms. The van der Waals surface area contributed by atoms with Gasteiger partial charge in [0.2, 0.25) is 0 Å². The summed E-state index contributed by atoms with van der Waals surface area (Å²) in [6.45, 7) is 13.6. The number of nitrogens with one attached hydrogen (secondary N) is 2. The van der Waals surface area contributed by atoms with E-state index in [2.05, 4.69) is 39.2 Å². The van der Waals surface area contributed by atoms with E-state index in [9.17, 15) is 9.59 Å². The van der Waals surface area contributed by atoms with E-state index >= 15 is 0 Å². The minimum atomic E-state index is -0.547. The Kier molecular flexibility index (Phi) is 7.22. The van der Waals surface area contributed by atoms with Crippen molar-refractivity contribution < 1.29 is 14.3 Å². The smallest absolute Gasteiger partial charge is 0.321 e. The Morgan fingerprint density at radius 2 is 1.95 bits per heavy atom. The van der Waals surface area contributed by atoms with Crippen LogP contribution in [0.2, 0.25) is 0 Å². The molecule has 2 N–H and O–H groups in total. The third kappa shape index (κ3) is 5.09. The Labute approximate surface area is 218 Å². The molecular weight excluding hydrogens is 470 g/mol. The van der Waals surface area contributed by atoms with E-state index in [0.29, 0.717) is 37.3 Å². The van der Waals surface area contributed by atoms with Crippen LogP contribution in [0.1, 0.15) is 68.0 Å². The maximum atomic E-state index is 13.9. The van der Waals surface area contributed by atoms with Gasteiger partial charge in [0, 0.05) is 56.7 Å². The highest BCUT2D eigenvalue weighted by atomic mass is 16.5. The number of pyridine rings is 1. The first kappa shape index (κ1) is 25.7. The van der Waals surface area contributed by atoms with Gasteiger partial charge in [0.25, 0.3) is 5.91 Å². The Hall–Kier alpha value is -2.98. The van der Waals surface area contributed by atoms with Crippen LogP contribution in [0.4, 0.5) is 4.79 Å². The monoisotopic (exact) mass is 509 g/mol. The number of aromatic amines is 1. The summed E-state index contributed by atoms with van der Waals surface area (Å²) in [7, 11) is 0. The fourth-order valence-corrected chi connectivity index (χ4v) is 5.91. The largest absolute Gasteiger partial charge is 0.381 e. The van der Waals surface area contributed by atoms with Gasteiger partial charge in [-0.2, -0.15) is 5.10 Å². The standard InChI is InChI=1S/C27H39N7O3/c1-18-15-33(19(2)14-32(18)16-20-8-11-37-12-9-20)26(36)34-17-21-23(30-31-24(21)27(34,3)4)13-29-25(35)22-7-5-6-10-28-22/h5-7,10,18-20H,8-9,11-17H2,1-4H3,(H,29,35)(H,30,31)/t18-,19+/m1/s1. The molecule has 2 aromatic heterocycles. The van der Waals surface area contributed by atoms with Gasteiger partial charge in [-0.15, -0.1) is 0 Å². The topological polar surface area (TPSA) is 107 Å². The summed E-state index contributed by atoms with van der Waals surface area (Å²) in [6, 6.07) is 5.74. The van der Waals surface area contributed by atoms with Crippen molar-refractivity contribution in [2.45, 2.75) is 71.2 Å². The molecule has 2 fully saturated rings. The zero-order chi connectivity index (χ0) is 26.2. The second-order valence-electron chi connectivity index (χ2n) is 11.2. The molecule has 0 spiro atoms. The molecule has 5 heterocycles. The number of hydrogen-bond acceptors (Lipinski definition) is 6. The normalized spacial score (nSPS) is 24.2. The third-order valence-corrected chi connectivity index (χ3v) is 8.27. The second-order valence-corrected chi connectivity index (χ2v) is 11.2. The molecule has 37 heavy (non-hydrogen) atoms. The lowest BCUT2D eigenvalue weighted by molar-refractivity contribution is 0.00878. The van der Waals surface area contributed by atoms with Crippen molar-refractivity contribution in [3.8, 4) is 0 Å². The molecule has 0 aliphatic carbocycles. The minimum Gasteiger partial charge on any atom is -0.381 e. The zero-order valence-electron chi connectivity index (χ0n) is 22.4. The Balaban J connectivity index is 1.23. The molecule has 0 aromatic carbocycles. The number of carbonyl (C=O) groups excluding carboxylic acids is 2. The average Bonchev–Trinajstić information content (AvgIpc) is 3.43. The van der Waals surface area contributed by atoms with Gasteiger partial charge in [0.15, 0.2) is 0 Å². The molecular formula is C27H39N7O3. The summed E-state index contributed by atoms with van der Waals surface area (Å²) in [4.78, 5) is 37.0. The fourth-order valence-electron chi connectivity index (χ4n) is 5.91. The first-order valence-electron chi connectivity index (χ1n) is 13.4. The van der Waals surface area contributed by atoms with E-state index in [1.165, 1.54) is 0 Å². The third-order valence-electron chi connectivity index (χ3n) is 8.27. The zero-order valence-corrected chi connectivity index (χ0v) is 22.4. The summed E-state index contributed by atoms with van der Waals surface area (Å²) in [5.41, 5.74) is 2.49. The number of rotatable bonds is 5. The maximum Gasteiger partial charge on any atom is 0.321 e. The van der Waals surface area contributed by atoms with E-state index < -0.39 is 5.54 Å². The highest BCUT2D eigenvalue weighted by Crippen LogP contribution is 2.40. The van der Waals surface area contributed by atoms with E-state index in [1.807, 2.05) is 23.6 Å². The van der Waals surface area contributed by atoms with Crippen LogP contribution in [0, 0.1) is 5.92 Å². The minimum absolute atomic E-state index is 0.0523. The number of amides is 3. The summed E-state index contributed by atoms with van der Waals surface area (Å²) >= 11 is 0. The van der Waals surface area contributed by atoms with Gasteiger partial charge in [0.1, 0.15) is 5.69 Å².